The van der Waals surface area contributed by atoms with E-state index in [9.17, 15) is 5.11 Å². The highest BCUT2D eigenvalue weighted by Gasteiger charge is 2.27. The van der Waals surface area contributed by atoms with Crippen molar-refractivity contribution in [3.05, 3.63) is 11.3 Å². The van der Waals surface area contributed by atoms with Crippen molar-refractivity contribution in [2.24, 2.45) is 5.92 Å². The lowest BCUT2D eigenvalue weighted by Gasteiger charge is -2.20. The fourth-order valence-corrected chi connectivity index (χ4v) is 2.24. The van der Waals surface area contributed by atoms with Crippen LogP contribution in [-0.2, 0) is 18.4 Å². The molecule has 0 atom stereocenters. The molecule has 0 unspecified atom stereocenters. The average Bonchev–Trinajstić information content (AvgIpc) is 2.41. The third kappa shape index (κ3) is 3.24. The topological polar surface area (TPSA) is 38.1 Å². The number of aromatic nitrogens is 2. The van der Waals surface area contributed by atoms with Gasteiger partial charge in [-0.05, 0) is 17.8 Å². The van der Waals surface area contributed by atoms with Gasteiger partial charge in [0.05, 0.1) is 0 Å². The molecule has 0 aliphatic heterocycles. The van der Waals surface area contributed by atoms with Crippen molar-refractivity contribution in [1.29, 1.82) is 0 Å². The summed E-state index contributed by atoms with van der Waals surface area (Å²) in [5.41, 5.74) is 2.16. The van der Waals surface area contributed by atoms with Gasteiger partial charge in [0.2, 0.25) is 5.88 Å². The third-order valence-electron chi connectivity index (χ3n) is 2.81. The maximum atomic E-state index is 10.1. The Morgan fingerprint density at radius 2 is 1.88 bits per heavy atom. The standard InChI is InChI=1S/C14H26N2O/c1-7-8-11-12(14(4,5)6)13(17)15-16(11)9-10(2)3/h10H,7-9H2,1-6H3,(H,15,17). The molecule has 0 fully saturated rings. The maximum Gasteiger partial charge on any atom is 0.234 e. The highest BCUT2D eigenvalue weighted by Crippen LogP contribution is 2.34. The molecule has 0 saturated heterocycles. The molecule has 1 rings (SSSR count). The molecule has 0 amide bonds. The largest absolute Gasteiger partial charge is 0.492 e. The van der Waals surface area contributed by atoms with Crippen LogP contribution < -0.4 is 0 Å². The Morgan fingerprint density at radius 1 is 1.29 bits per heavy atom. The molecule has 0 spiro atoms. The minimum atomic E-state index is -0.0518. The van der Waals surface area contributed by atoms with Crippen LogP contribution >= 0.6 is 0 Å². The molecule has 17 heavy (non-hydrogen) atoms. The van der Waals surface area contributed by atoms with E-state index >= 15 is 0 Å². The molecule has 1 N–H and O–H groups in total. The molecule has 0 aliphatic rings. The Morgan fingerprint density at radius 3 is 2.29 bits per heavy atom. The highest BCUT2D eigenvalue weighted by atomic mass is 16.3. The molecule has 98 valence electrons. The summed E-state index contributed by atoms with van der Waals surface area (Å²) in [7, 11) is 0. The van der Waals surface area contributed by atoms with Gasteiger partial charge in [0.15, 0.2) is 0 Å². The summed E-state index contributed by atoms with van der Waals surface area (Å²) in [6.45, 7) is 13.8. The summed E-state index contributed by atoms with van der Waals surface area (Å²) >= 11 is 0. The molecule has 0 aromatic carbocycles. The molecule has 0 saturated carbocycles. The van der Waals surface area contributed by atoms with Gasteiger partial charge < -0.3 is 5.11 Å². The quantitative estimate of drug-likeness (QED) is 0.872. The van der Waals surface area contributed by atoms with E-state index in [1.807, 2.05) is 4.68 Å². The normalized spacial score (nSPS) is 12.4. The van der Waals surface area contributed by atoms with Crippen molar-refractivity contribution in [2.45, 2.75) is 66.3 Å². The van der Waals surface area contributed by atoms with Crippen LogP contribution in [0.4, 0.5) is 0 Å². The second-order valence-electron chi connectivity index (χ2n) is 6.22. The van der Waals surface area contributed by atoms with Crippen LogP contribution in [-0.4, -0.2) is 14.9 Å². The van der Waals surface area contributed by atoms with Gasteiger partial charge in [0, 0.05) is 17.8 Å². The van der Waals surface area contributed by atoms with Gasteiger partial charge in [0.25, 0.3) is 0 Å². The minimum absolute atomic E-state index is 0.0518. The zero-order valence-electron chi connectivity index (χ0n) is 12.0. The van der Waals surface area contributed by atoms with Crippen LogP contribution in [0.5, 0.6) is 5.88 Å². The van der Waals surface area contributed by atoms with Crippen molar-refractivity contribution in [3.8, 4) is 5.88 Å². The molecule has 0 radical (unpaired) electrons. The van der Waals surface area contributed by atoms with E-state index in [2.05, 4.69) is 46.6 Å². The van der Waals surface area contributed by atoms with Crippen LogP contribution in [0, 0.1) is 5.92 Å². The van der Waals surface area contributed by atoms with Crippen LogP contribution in [0.15, 0.2) is 0 Å². The molecular formula is C14H26N2O. The number of rotatable bonds is 4. The van der Waals surface area contributed by atoms with Gasteiger partial charge >= 0.3 is 0 Å². The van der Waals surface area contributed by atoms with Crippen molar-refractivity contribution in [1.82, 2.24) is 9.78 Å². The first-order valence-electron chi connectivity index (χ1n) is 6.56. The third-order valence-corrected chi connectivity index (χ3v) is 2.81. The summed E-state index contributed by atoms with van der Waals surface area (Å²) in [5.74, 6) is 0.749. The predicted molar refractivity (Wildman–Crippen MR) is 71.4 cm³/mol. The van der Waals surface area contributed by atoms with Crippen molar-refractivity contribution < 1.29 is 5.11 Å². The second kappa shape index (κ2) is 5.11. The zero-order chi connectivity index (χ0) is 13.2. The Hall–Kier alpha value is -0.990. The van der Waals surface area contributed by atoms with E-state index in [1.165, 1.54) is 5.69 Å². The van der Waals surface area contributed by atoms with E-state index in [0.29, 0.717) is 5.92 Å². The van der Waals surface area contributed by atoms with E-state index < -0.39 is 0 Å². The summed E-state index contributed by atoms with van der Waals surface area (Å²) in [4.78, 5) is 0. The van der Waals surface area contributed by atoms with Gasteiger partial charge in [-0.1, -0.05) is 48.0 Å². The number of aromatic hydroxyl groups is 1. The highest BCUT2D eigenvalue weighted by molar-refractivity contribution is 5.36. The lowest BCUT2D eigenvalue weighted by molar-refractivity contribution is 0.409. The number of nitrogens with zero attached hydrogens (tertiary/aromatic N) is 2. The number of hydrogen-bond acceptors (Lipinski definition) is 2. The number of hydrogen-bond donors (Lipinski definition) is 1. The summed E-state index contributed by atoms with van der Waals surface area (Å²) in [6, 6.07) is 0. The molecule has 0 aliphatic carbocycles. The average molecular weight is 238 g/mol. The summed E-state index contributed by atoms with van der Waals surface area (Å²) < 4.78 is 1.99. The first kappa shape index (κ1) is 14.1. The zero-order valence-corrected chi connectivity index (χ0v) is 12.0. The van der Waals surface area contributed by atoms with Crippen LogP contribution in [0.2, 0.25) is 0 Å². The van der Waals surface area contributed by atoms with Gasteiger partial charge in [-0.3, -0.25) is 4.68 Å². The van der Waals surface area contributed by atoms with Gasteiger partial charge in [-0.15, -0.1) is 5.10 Å². The van der Waals surface area contributed by atoms with Crippen LogP contribution in [0.3, 0.4) is 0 Å². The van der Waals surface area contributed by atoms with Crippen molar-refractivity contribution in [3.63, 3.8) is 0 Å². The fourth-order valence-electron chi connectivity index (χ4n) is 2.24. The first-order valence-corrected chi connectivity index (χ1v) is 6.56. The Labute approximate surface area is 105 Å². The lowest BCUT2D eigenvalue weighted by atomic mass is 9.86. The SMILES string of the molecule is CCCc1c(C(C)(C)C)c(O)nn1CC(C)C. The van der Waals surface area contributed by atoms with E-state index in [-0.39, 0.29) is 11.3 Å². The Bertz CT molecular complexity index is 372. The molecule has 3 heteroatoms. The second-order valence-corrected chi connectivity index (χ2v) is 6.22. The van der Waals surface area contributed by atoms with Crippen LogP contribution in [0.25, 0.3) is 0 Å². The summed E-state index contributed by atoms with van der Waals surface area (Å²) in [5, 5.41) is 14.4. The van der Waals surface area contributed by atoms with Crippen molar-refractivity contribution >= 4 is 0 Å². The maximum absolute atomic E-state index is 10.1. The Balaban J connectivity index is 3.24. The Kier molecular flexibility index (Phi) is 4.23. The molecule has 0 bridgehead atoms. The van der Waals surface area contributed by atoms with Gasteiger partial charge in [-0.2, -0.15) is 0 Å². The molecule has 1 aromatic heterocycles. The summed E-state index contributed by atoms with van der Waals surface area (Å²) in [6.07, 6.45) is 2.05. The lowest BCUT2D eigenvalue weighted by Crippen LogP contribution is -2.16. The molecule has 3 nitrogen and oxygen atoms in total. The van der Waals surface area contributed by atoms with E-state index in [0.717, 1.165) is 24.9 Å². The monoisotopic (exact) mass is 238 g/mol. The van der Waals surface area contributed by atoms with Gasteiger partial charge in [-0.25, -0.2) is 0 Å². The molecule has 1 heterocycles. The molecular weight excluding hydrogens is 212 g/mol. The molecule has 1 aromatic rings. The van der Waals surface area contributed by atoms with Crippen molar-refractivity contribution in [2.75, 3.05) is 0 Å². The first-order chi connectivity index (χ1) is 7.77. The smallest absolute Gasteiger partial charge is 0.234 e. The minimum Gasteiger partial charge on any atom is -0.492 e. The van der Waals surface area contributed by atoms with E-state index in [1.54, 1.807) is 0 Å². The van der Waals surface area contributed by atoms with Gasteiger partial charge in [0.1, 0.15) is 0 Å². The predicted octanol–water partition coefficient (Wildman–Crippen LogP) is 3.49. The van der Waals surface area contributed by atoms with Crippen LogP contribution in [0.1, 0.15) is 59.2 Å². The van der Waals surface area contributed by atoms with E-state index in [4.69, 9.17) is 0 Å². The fraction of sp³-hybridized carbons (Fsp3) is 0.786.